The predicted octanol–water partition coefficient (Wildman–Crippen LogP) is 2.23. The summed E-state index contributed by atoms with van der Waals surface area (Å²) in [4.78, 5) is 0. The van der Waals surface area contributed by atoms with Crippen molar-refractivity contribution in [2.75, 3.05) is 5.33 Å². The molecular formula is C6H12BrO. The Morgan fingerprint density at radius 1 is 1.62 bits per heavy atom. The first-order valence-electron chi connectivity index (χ1n) is 2.94. The van der Waals surface area contributed by atoms with E-state index in [1.807, 2.05) is 13.8 Å². The topological polar surface area (TPSA) is 19.9 Å². The van der Waals surface area contributed by atoms with E-state index in [0.717, 1.165) is 11.8 Å². The molecule has 2 heteroatoms. The molecule has 0 aromatic rings. The van der Waals surface area contributed by atoms with Gasteiger partial charge in [-0.25, -0.2) is 5.11 Å². The van der Waals surface area contributed by atoms with Crippen LogP contribution in [0.5, 0.6) is 0 Å². The van der Waals surface area contributed by atoms with Crippen molar-refractivity contribution in [1.82, 2.24) is 0 Å². The van der Waals surface area contributed by atoms with Gasteiger partial charge < -0.3 is 0 Å². The van der Waals surface area contributed by atoms with Gasteiger partial charge in [0.1, 0.15) is 0 Å². The number of halogens is 1. The molecule has 0 aliphatic carbocycles. The highest BCUT2D eigenvalue weighted by atomic mass is 79.9. The second kappa shape index (κ2) is 4.33. The average molecular weight is 180 g/mol. The van der Waals surface area contributed by atoms with Crippen molar-refractivity contribution in [1.29, 1.82) is 0 Å². The maximum atomic E-state index is 10.8. The van der Waals surface area contributed by atoms with Crippen molar-refractivity contribution in [2.45, 2.75) is 26.4 Å². The number of hydrogen-bond donors (Lipinski definition) is 0. The summed E-state index contributed by atoms with van der Waals surface area (Å²) in [6.45, 7) is 3.90. The van der Waals surface area contributed by atoms with E-state index in [1.54, 1.807) is 0 Å². The van der Waals surface area contributed by atoms with E-state index < -0.39 is 0 Å². The molecule has 0 N–H and O–H groups in total. The molecule has 0 aromatic carbocycles. The molecule has 0 heterocycles. The zero-order valence-electron chi connectivity index (χ0n) is 5.36. The van der Waals surface area contributed by atoms with Crippen molar-refractivity contribution < 1.29 is 5.11 Å². The van der Waals surface area contributed by atoms with Crippen LogP contribution in [-0.4, -0.2) is 11.4 Å². The number of alkyl halides is 1. The molecule has 1 nitrogen and oxygen atoms in total. The minimum atomic E-state index is -0.380. The van der Waals surface area contributed by atoms with E-state index in [1.165, 1.54) is 0 Å². The van der Waals surface area contributed by atoms with Crippen LogP contribution in [0, 0.1) is 5.92 Å². The van der Waals surface area contributed by atoms with E-state index >= 15 is 0 Å². The molecule has 0 aliphatic rings. The Kier molecular flexibility index (Phi) is 4.57. The summed E-state index contributed by atoms with van der Waals surface area (Å²) in [7, 11) is 0. The van der Waals surface area contributed by atoms with Crippen LogP contribution in [0.15, 0.2) is 0 Å². The van der Waals surface area contributed by atoms with Crippen LogP contribution in [0.1, 0.15) is 20.3 Å². The van der Waals surface area contributed by atoms with Gasteiger partial charge in [0.25, 0.3) is 0 Å². The van der Waals surface area contributed by atoms with Gasteiger partial charge in [-0.05, 0) is 12.3 Å². The SMILES string of the molecule is CCC([O])C(C)CBr. The molecule has 2 atom stereocenters. The third-order valence-electron chi connectivity index (χ3n) is 1.28. The lowest BCUT2D eigenvalue weighted by Gasteiger charge is -2.10. The first-order chi connectivity index (χ1) is 3.72. The fraction of sp³-hybridized carbons (Fsp3) is 1.00. The zero-order valence-corrected chi connectivity index (χ0v) is 6.94. The zero-order chi connectivity index (χ0) is 6.57. The molecule has 0 saturated carbocycles. The van der Waals surface area contributed by atoms with Gasteiger partial charge in [-0.2, -0.15) is 0 Å². The Hall–Kier alpha value is 0.440. The molecule has 0 aromatic heterocycles. The lowest BCUT2D eigenvalue weighted by atomic mass is 10.1. The number of rotatable bonds is 3. The second-order valence-electron chi connectivity index (χ2n) is 2.08. The molecule has 0 saturated heterocycles. The molecule has 0 bridgehead atoms. The Balaban J connectivity index is 3.29. The van der Waals surface area contributed by atoms with Gasteiger partial charge in [0.05, 0.1) is 6.10 Å². The lowest BCUT2D eigenvalue weighted by Crippen LogP contribution is -2.15. The van der Waals surface area contributed by atoms with Gasteiger partial charge in [0, 0.05) is 5.33 Å². The first kappa shape index (κ1) is 8.44. The summed E-state index contributed by atoms with van der Waals surface area (Å²) in [6.07, 6.45) is 0.363. The van der Waals surface area contributed by atoms with Crippen LogP contribution in [0.3, 0.4) is 0 Å². The van der Waals surface area contributed by atoms with Crippen LogP contribution in [0.25, 0.3) is 0 Å². The van der Waals surface area contributed by atoms with E-state index in [2.05, 4.69) is 15.9 Å². The highest BCUT2D eigenvalue weighted by molar-refractivity contribution is 9.09. The van der Waals surface area contributed by atoms with Gasteiger partial charge in [0.15, 0.2) is 0 Å². The Labute approximate surface area is 59.2 Å². The van der Waals surface area contributed by atoms with Crippen molar-refractivity contribution in [3.05, 3.63) is 0 Å². The molecule has 1 radical (unpaired) electrons. The minimum absolute atomic E-state index is 0.278. The summed E-state index contributed by atoms with van der Waals surface area (Å²) in [5.41, 5.74) is 0. The standard InChI is InChI=1S/C6H12BrO/c1-3-6(8)5(2)4-7/h5-6H,3-4H2,1-2H3. The summed E-state index contributed by atoms with van der Waals surface area (Å²) in [5.74, 6) is 0.278. The molecule has 8 heavy (non-hydrogen) atoms. The summed E-state index contributed by atoms with van der Waals surface area (Å²) < 4.78 is 0. The van der Waals surface area contributed by atoms with Crippen molar-refractivity contribution >= 4 is 15.9 Å². The number of hydrogen-bond acceptors (Lipinski definition) is 0. The van der Waals surface area contributed by atoms with E-state index in [-0.39, 0.29) is 12.0 Å². The molecule has 0 amide bonds. The molecule has 49 valence electrons. The van der Waals surface area contributed by atoms with Gasteiger partial charge in [-0.3, -0.25) is 0 Å². The Morgan fingerprint density at radius 3 is 2.25 bits per heavy atom. The monoisotopic (exact) mass is 179 g/mol. The van der Waals surface area contributed by atoms with Gasteiger partial charge >= 0.3 is 0 Å². The van der Waals surface area contributed by atoms with Crippen LogP contribution in [0.4, 0.5) is 0 Å². The van der Waals surface area contributed by atoms with E-state index in [9.17, 15) is 5.11 Å². The van der Waals surface area contributed by atoms with Crippen LogP contribution >= 0.6 is 15.9 Å². The molecule has 0 rings (SSSR count). The summed E-state index contributed by atoms with van der Waals surface area (Å²) in [5, 5.41) is 11.6. The Bertz CT molecular complexity index is 48.5. The average Bonchev–Trinajstić information content (AvgIpc) is 1.84. The second-order valence-corrected chi connectivity index (χ2v) is 2.73. The van der Waals surface area contributed by atoms with Crippen molar-refractivity contribution in [2.24, 2.45) is 5.92 Å². The highest BCUT2D eigenvalue weighted by Gasteiger charge is 2.10. The fourth-order valence-corrected chi connectivity index (χ4v) is 0.919. The maximum Gasteiger partial charge on any atom is 0.0960 e. The quantitative estimate of drug-likeness (QED) is 0.593. The Morgan fingerprint density at radius 2 is 2.12 bits per heavy atom. The fourth-order valence-electron chi connectivity index (χ4n) is 0.502. The largest absolute Gasteiger partial charge is 0.233 e. The van der Waals surface area contributed by atoms with Crippen LogP contribution < -0.4 is 0 Å². The summed E-state index contributed by atoms with van der Waals surface area (Å²) in [6, 6.07) is 0. The van der Waals surface area contributed by atoms with E-state index in [0.29, 0.717) is 0 Å². The first-order valence-corrected chi connectivity index (χ1v) is 4.06. The van der Waals surface area contributed by atoms with Crippen LogP contribution in [0.2, 0.25) is 0 Å². The highest BCUT2D eigenvalue weighted by Crippen LogP contribution is 2.09. The third kappa shape index (κ3) is 2.68. The molecule has 0 fully saturated rings. The minimum Gasteiger partial charge on any atom is -0.233 e. The summed E-state index contributed by atoms with van der Waals surface area (Å²) >= 11 is 3.26. The molecule has 2 unspecified atom stereocenters. The smallest absolute Gasteiger partial charge is 0.0960 e. The van der Waals surface area contributed by atoms with Gasteiger partial charge in [0.2, 0.25) is 0 Å². The lowest BCUT2D eigenvalue weighted by molar-refractivity contribution is 0.0488. The third-order valence-corrected chi connectivity index (χ3v) is 2.30. The van der Waals surface area contributed by atoms with Crippen molar-refractivity contribution in [3.63, 3.8) is 0 Å². The van der Waals surface area contributed by atoms with Crippen LogP contribution in [-0.2, 0) is 5.11 Å². The van der Waals surface area contributed by atoms with Crippen molar-refractivity contribution in [3.8, 4) is 0 Å². The van der Waals surface area contributed by atoms with Gasteiger partial charge in [-0.1, -0.05) is 29.8 Å². The molecule has 0 aliphatic heterocycles. The predicted molar refractivity (Wildman–Crippen MR) is 37.7 cm³/mol. The maximum absolute atomic E-state index is 10.8. The normalized spacial score (nSPS) is 18.0. The molecule has 0 spiro atoms. The molecular weight excluding hydrogens is 168 g/mol. The van der Waals surface area contributed by atoms with E-state index in [4.69, 9.17) is 0 Å². The van der Waals surface area contributed by atoms with Gasteiger partial charge in [-0.15, -0.1) is 0 Å².